The summed E-state index contributed by atoms with van der Waals surface area (Å²) in [7, 11) is 0. The van der Waals surface area contributed by atoms with E-state index in [0.717, 1.165) is 30.2 Å². The highest BCUT2D eigenvalue weighted by molar-refractivity contribution is 5.71. The number of allylic oxidation sites excluding steroid dienone is 2. The number of aromatic nitrogens is 2. The highest BCUT2D eigenvalue weighted by Crippen LogP contribution is 2.37. The first-order valence-electron chi connectivity index (χ1n) is 13.5. The van der Waals surface area contributed by atoms with Crippen LogP contribution in [0.5, 0.6) is 5.75 Å². The SMILES string of the molecule is CC=CCCc1cnc(-c2cc(F)c(C(F)(F)Oc3ccc(-c4ccc(-c5cc(F)c(F)c(F)c5)c(F)c4)cc3)c(F)c2)nc1. The summed E-state index contributed by atoms with van der Waals surface area (Å²) < 4.78 is 120. The van der Waals surface area contributed by atoms with Crippen molar-refractivity contribution >= 4 is 0 Å². The largest absolute Gasteiger partial charge is 0.432 e. The molecule has 0 unspecified atom stereocenters. The number of benzene rings is 4. The molecule has 0 N–H and O–H groups in total. The maximum Gasteiger partial charge on any atom is 0.432 e. The lowest BCUT2D eigenvalue weighted by Gasteiger charge is -2.20. The number of halogens is 8. The minimum absolute atomic E-state index is 0.0459. The molecule has 0 saturated carbocycles. The van der Waals surface area contributed by atoms with Crippen LogP contribution in [0.15, 0.2) is 91.3 Å². The van der Waals surface area contributed by atoms with Gasteiger partial charge in [0.2, 0.25) is 0 Å². The van der Waals surface area contributed by atoms with Gasteiger partial charge in [-0.1, -0.05) is 36.4 Å². The summed E-state index contributed by atoms with van der Waals surface area (Å²) in [5.41, 5.74) is -0.780. The van der Waals surface area contributed by atoms with Gasteiger partial charge in [-0.3, -0.25) is 0 Å². The second-order valence-electron chi connectivity index (χ2n) is 9.93. The Labute approximate surface area is 252 Å². The summed E-state index contributed by atoms with van der Waals surface area (Å²) in [6.07, 6.45) is 3.84. The highest BCUT2D eigenvalue weighted by atomic mass is 19.3. The molecule has 4 aromatic carbocycles. The van der Waals surface area contributed by atoms with Gasteiger partial charge < -0.3 is 4.74 Å². The van der Waals surface area contributed by atoms with E-state index >= 15 is 0 Å². The predicted molar refractivity (Wildman–Crippen MR) is 152 cm³/mol. The molecule has 230 valence electrons. The van der Waals surface area contributed by atoms with E-state index in [4.69, 9.17) is 0 Å². The van der Waals surface area contributed by atoms with Crippen molar-refractivity contribution in [3.05, 3.63) is 137 Å². The van der Waals surface area contributed by atoms with Gasteiger partial charge in [-0.2, -0.15) is 8.78 Å². The van der Waals surface area contributed by atoms with E-state index in [1.165, 1.54) is 36.7 Å². The molecule has 0 aliphatic heterocycles. The van der Waals surface area contributed by atoms with Crippen molar-refractivity contribution in [3.63, 3.8) is 0 Å². The molecule has 1 heterocycles. The Bertz CT molecular complexity index is 1830. The number of aryl methyl sites for hydroxylation is 1. The molecule has 0 spiro atoms. The van der Waals surface area contributed by atoms with Gasteiger partial charge in [0.1, 0.15) is 28.8 Å². The monoisotopic (exact) mass is 626 g/mol. The maximum absolute atomic E-state index is 15.0. The fraction of sp³-hybridized carbons (Fsp3) is 0.118. The van der Waals surface area contributed by atoms with Crippen molar-refractivity contribution in [3.8, 4) is 39.4 Å². The average Bonchev–Trinajstić information content (AvgIpc) is 2.99. The lowest BCUT2D eigenvalue weighted by Crippen LogP contribution is -2.25. The number of rotatable bonds is 9. The van der Waals surface area contributed by atoms with Gasteiger partial charge in [-0.25, -0.2) is 36.3 Å². The summed E-state index contributed by atoms with van der Waals surface area (Å²) in [5, 5.41) is 0. The minimum atomic E-state index is -4.42. The van der Waals surface area contributed by atoms with Gasteiger partial charge in [-0.15, -0.1) is 0 Å². The van der Waals surface area contributed by atoms with Crippen LogP contribution in [0.3, 0.4) is 0 Å². The summed E-state index contributed by atoms with van der Waals surface area (Å²) in [6.45, 7) is 1.89. The summed E-state index contributed by atoms with van der Waals surface area (Å²) in [4.78, 5) is 8.17. The molecule has 0 saturated heterocycles. The number of hydrogen-bond acceptors (Lipinski definition) is 3. The molecular weight excluding hydrogens is 604 g/mol. The first kappa shape index (κ1) is 31.4. The second-order valence-corrected chi connectivity index (χ2v) is 9.93. The number of nitrogens with zero attached hydrogens (tertiary/aromatic N) is 2. The van der Waals surface area contributed by atoms with Crippen LogP contribution >= 0.6 is 0 Å². The quantitative estimate of drug-likeness (QED) is 0.0928. The van der Waals surface area contributed by atoms with E-state index < -0.39 is 52.3 Å². The molecule has 5 aromatic rings. The zero-order chi connectivity index (χ0) is 32.3. The third-order valence-corrected chi connectivity index (χ3v) is 6.83. The molecule has 3 nitrogen and oxygen atoms in total. The van der Waals surface area contributed by atoms with Crippen molar-refractivity contribution in [2.45, 2.75) is 25.9 Å². The molecule has 1 aromatic heterocycles. The molecule has 0 bridgehead atoms. The maximum atomic E-state index is 15.0. The lowest BCUT2D eigenvalue weighted by atomic mass is 9.99. The first-order valence-corrected chi connectivity index (χ1v) is 13.5. The summed E-state index contributed by atoms with van der Waals surface area (Å²) >= 11 is 0. The van der Waals surface area contributed by atoms with Crippen LogP contribution in [0.4, 0.5) is 35.1 Å². The van der Waals surface area contributed by atoms with Gasteiger partial charge in [0.25, 0.3) is 0 Å². The predicted octanol–water partition coefficient (Wildman–Crippen LogP) is 9.95. The van der Waals surface area contributed by atoms with Crippen molar-refractivity contribution in [2.75, 3.05) is 0 Å². The Morgan fingerprint density at radius 3 is 1.80 bits per heavy atom. The number of ether oxygens (including phenoxy) is 1. The summed E-state index contributed by atoms with van der Waals surface area (Å²) in [6, 6.07) is 11.1. The molecule has 0 atom stereocenters. The smallest absolute Gasteiger partial charge is 0.429 e. The summed E-state index contributed by atoms with van der Waals surface area (Å²) in [5.74, 6) is -9.15. The second kappa shape index (κ2) is 12.9. The van der Waals surface area contributed by atoms with E-state index in [2.05, 4.69) is 14.7 Å². The third-order valence-electron chi connectivity index (χ3n) is 6.83. The zero-order valence-corrected chi connectivity index (χ0v) is 23.4. The molecule has 45 heavy (non-hydrogen) atoms. The van der Waals surface area contributed by atoms with Crippen LogP contribution in [0.1, 0.15) is 24.5 Å². The van der Waals surface area contributed by atoms with Crippen LogP contribution in [0, 0.1) is 34.9 Å². The molecule has 0 fully saturated rings. The lowest BCUT2D eigenvalue weighted by molar-refractivity contribution is -0.189. The Kier molecular flexibility index (Phi) is 8.99. The third kappa shape index (κ3) is 6.87. The van der Waals surface area contributed by atoms with Crippen molar-refractivity contribution in [2.24, 2.45) is 0 Å². The van der Waals surface area contributed by atoms with E-state index in [1.54, 1.807) is 0 Å². The Morgan fingerprint density at radius 2 is 1.22 bits per heavy atom. The number of alkyl halides is 2. The molecular formula is C34H22F8N2O. The Morgan fingerprint density at radius 1 is 0.667 bits per heavy atom. The minimum Gasteiger partial charge on any atom is -0.429 e. The van der Waals surface area contributed by atoms with E-state index in [-0.39, 0.29) is 28.1 Å². The molecule has 5 rings (SSSR count). The Balaban J connectivity index is 1.32. The van der Waals surface area contributed by atoms with Crippen LogP contribution in [-0.4, -0.2) is 9.97 Å². The normalized spacial score (nSPS) is 11.8. The molecule has 0 radical (unpaired) electrons. The van der Waals surface area contributed by atoms with E-state index in [0.29, 0.717) is 36.2 Å². The average molecular weight is 627 g/mol. The van der Waals surface area contributed by atoms with Crippen molar-refractivity contribution in [1.29, 1.82) is 0 Å². The van der Waals surface area contributed by atoms with Gasteiger partial charge in [0.05, 0.1) is 0 Å². The van der Waals surface area contributed by atoms with Gasteiger partial charge in [0, 0.05) is 23.5 Å². The van der Waals surface area contributed by atoms with Crippen molar-refractivity contribution in [1.82, 2.24) is 9.97 Å². The molecule has 0 aliphatic carbocycles. The molecule has 11 heteroatoms. The van der Waals surface area contributed by atoms with E-state index in [9.17, 15) is 35.1 Å². The van der Waals surface area contributed by atoms with Crippen LogP contribution < -0.4 is 4.74 Å². The van der Waals surface area contributed by atoms with Gasteiger partial charge in [-0.05, 0) is 84.5 Å². The fourth-order valence-electron chi connectivity index (χ4n) is 4.58. The van der Waals surface area contributed by atoms with Crippen LogP contribution in [0.25, 0.3) is 33.6 Å². The van der Waals surface area contributed by atoms with Crippen LogP contribution in [0.2, 0.25) is 0 Å². The van der Waals surface area contributed by atoms with Crippen molar-refractivity contribution < 1.29 is 39.9 Å². The number of hydrogen-bond donors (Lipinski definition) is 0. The standard InChI is InChI=1S/C34H22F8N2O/c1-2-3-4-5-19-17-43-33(44-18-19)23-15-27(36)31(28(37)16-23)34(41,42)45-24-9-6-20(7-10-24)21-8-11-25(26(35)12-21)22-13-29(38)32(40)30(39)14-22/h2-3,6-18H,4-5H2,1H3. The van der Waals surface area contributed by atoms with Crippen LogP contribution in [-0.2, 0) is 12.5 Å². The van der Waals surface area contributed by atoms with Gasteiger partial charge >= 0.3 is 6.11 Å². The molecule has 0 aliphatic rings. The topological polar surface area (TPSA) is 35.0 Å². The Hall–Kier alpha value is -5.06. The zero-order valence-electron chi connectivity index (χ0n) is 23.4. The molecule has 0 amide bonds. The first-order chi connectivity index (χ1) is 21.5. The highest BCUT2D eigenvalue weighted by Gasteiger charge is 2.41. The van der Waals surface area contributed by atoms with E-state index in [1.807, 2.05) is 19.1 Å². The fourth-order valence-corrected chi connectivity index (χ4v) is 4.58. The van der Waals surface area contributed by atoms with Gasteiger partial charge in [0.15, 0.2) is 23.3 Å².